The number of aromatic nitrogens is 9. The van der Waals surface area contributed by atoms with Crippen molar-refractivity contribution in [2.24, 2.45) is 0 Å². The van der Waals surface area contributed by atoms with Crippen LogP contribution >= 0.6 is 0 Å². The molecule has 15 heterocycles. The number of rotatable bonds is 6. The van der Waals surface area contributed by atoms with E-state index >= 15 is 0 Å². The molecule has 6 aliphatic heterocycles. The maximum atomic E-state index is 4.43. The van der Waals surface area contributed by atoms with Gasteiger partial charge in [0, 0.05) is 167 Å². The Kier molecular flexibility index (Phi) is 15.7. The summed E-state index contributed by atoms with van der Waals surface area (Å²) < 4.78 is 0. The summed E-state index contributed by atoms with van der Waals surface area (Å²) in [6, 6.07) is 26.7. The maximum absolute atomic E-state index is 4.43. The molecule has 0 fully saturated rings. The van der Waals surface area contributed by atoms with Gasteiger partial charge in [0.25, 0.3) is 0 Å². The van der Waals surface area contributed by atoms with Crippen molar-refractivity contribution in [3.05, 3.63) is 239 Å². The summed E-state index contributed by atoms with van der Waals surface area (Å²) >= 11 is 0. The molecule has 0 amide bonds. The number of hydrogen-bond donors (Lipinski definition) is 0. The molecule has 15 rings (SSSR count). The summed E-state index contributed by atoms with van der Waals surface area (Å²) in [4.78, 5) is 51.7. The molecule has 0 bridgehead atoms. The Labute approximate surface area is 475 Å². The van der Waals surface area contributed by atoms with Gasteiger partial charge >= 0.3 is 0 Å². The third-order valence-electron chi connectivity index (χ3n) is 13.2. The van der Waals surface area contributed by atoms with Gasteiger partial charge < -0.3 is 44.4 Å². The molecule has 0 atom stereocenters. The standard InChI is InChI=1S/3C19H14N5.3Os/c1-5-20-10-14-3-7-23(18(1)14)16-9-17(13-22-12-16)24-8-4-15-11-21-6-2-19(15)24;1-5-20-12-18-14(1)3-7-23(18)16-9-17(11-22-10-16)24-8-4-15-2-6-21-13-19(15)24;1-3-18-16(21-7-1)5-9-23(18)14-11-15(13-20-12-14)24-10-6-17-19(24)4-2-8-22-17;;;/h2*1-2,5-8,10-13H,3-4H2;1-4,7-10,12-13H,5-6H2;;;/q3*-3;;;. The number of fused-ring (bicyclic) bond motifs is 6. The van der Waals surface area contributed by atoms with E-state index in [0.29, 0.717) is 0 Å². The van der Waals surface area contributed by atoms with Crippen LogP contribution in [0.2, 0.25) is 0 Å². The van der Waals surface area contributed by atoms with Crippen LogP contribution < -0.4 is 29.4 Å². The molecule has 0 radical (unpaired) electrons. The molecule has 0 N–H and O–H groups in total. The van der Waals surface area contributed by atoms with Gasteiger partial charge in [-0.05, 0) is 59.7 Å². The van der Waals surface area contributed by atoms with E-state index in [1.807, 2.05) is 123 Å². The monoisotopic (exact) mass is 1510 g/mol. The van der Waals surface area contributed by atoms with Gasteiger partial charge in [-0.2, -0.15) is 0 Å². The third kappa shape index (κ3) is 10.2. The van der Waals surface area contributed by atoms with Crippen molar-refractivity contribution >= 4 is 68.2 Å². The van der Waals surface area contributed by atoms with Gasteiger partial charge in [-0.25, -0.2) is 39.3 Å². The second-order valence-corrected chi connectivity index (χ2v) is 17.4. The van der Waals surface area contributed by atoms with Crippen molar-refractivity contribution < 1.29 is 59.4 Å². The predicted molar refractivity (Wildman–Crippen MR) is 275 cm³/mol. The van der Waals surface area contributed by atoms with Gasteiger partial charge in [-0.15, -0.1) is 56.7 Å². The zero-order chi connectivity index (χ0) is 47.8. The van der Waals surface area contributed by atoms with Crippen LogP contribution in [0.1, 0.15) is 33.6 Å². The van der Waals surface area contributed by atoms with Gasteiger partial charge in [0.2, 0.25) is 0 Å². The van der Waals surface area contributed by atoms with Crippen LogP contribution in [0.5, 0.6) is 0 Å². The Morgan fingerprint density at radius 1 is 0.293 bits per heavy atom. The Hall–Kier alpha value is -6.94. The Balaban J connectivity index is 0.000000126. The van der Waals surface area contributed by atoms with Crippen LogP contribution in [0, 0.1) is 57.5 Å². The fourth-order valence-corrected chi connectivity index (χ4v) is 9.78. The molecule has 0 aromatic carbocycles. The number of pyridine rings is 9. The first kappa shape index (κ1) is 51.5. The summed E-state index contributed by atoms with van der Waals surface area (Å²) in [5.74, 6) is 0. The summed E-state index contributed by atoms with van der Waals surface area (Å²) in [5.41, 5.74) is 19.4. The quantitative estimate of drug-likeness (QED) is 0.146. The molecule has 18 heteroatoms. The fraction of sp³-hybridized carbons (Fsp3) is 0.105. The van der Waals surface area contributed by atoms with Gasteiger partial charge in [0.15, 0.2) is 0 Å². The summed E-state index contributed by atoms with van der Waals surface area (Å²) in [7, 11) is 0. The van der Waals surface area contributed by atoms with Crippen LogP contribution in [0.4, 0.5) is 68.2 Å². The first-order valence-corrected chi connectivity index (χ1v) is 23.7. The topological polar surface area (TPSA) is 135 Å². The Bertz CT molecular complexity index is 2890. The number of anilines is 12. The van der Waals surface area contributed by atoms with Gasteiger partial charge in [0.05, 0.1) is 0 Å². The molecule has 0 unspecified atom stereocenters. The van der Waals surface area contributed by atoms with E-state index in [9.17, 15) is 0 Å². The third-order valence-corrected chi connectivity index (χ3v) is 13.2. The van der Waals surface area contributed by atoms with E-state index in [1.165, 1.54) is 22.3 Å². The van der Waals surface area contributed by atoms with E-state index in [0.717, 1.165) is 118 Å². The molecule has 378 valence electrons. The van der Waals surface area contributed by atoms with Crippen molar-refractivity contribution in [3.63, 3.8) is 0 Å². The zero-order valence-electron chi connectivity index (χ0n) is 39.8. The van der Waals surface area contributed by atoms with Crippen LogP contribution in [-0.4, -0.2) is 44.9 Å². The smallest absolute Gasteiger partial charge is 0.0481 e. The van der Waals surface area contributed by atoms with E-state index in [2.05, 4.69) is 156 Å². The first-order chi connectivity index (χ1) is 35.7. The van der Waals surface area contributed by atoms with Gasteiger partial charge in [0.1, 0.15) is 0 Å². The summed E-state index contributed by atoms with van der Waals surface area (Å²) in [6.45, 7) is 12.8. The predicted octanol–water partition coefficient (Wildman–Crippen LogP) is 10.1. The molecule has 0 spiro atoms. The van der Waals surface area contributed by atoms with Crippen molar-refractivity contribution in [2.75, 3.05) is 29.4 Å². The average molecular weight is 1510 g/mol. The Morgan fingerprint density at radius 3 is 1.01 bits per heavy atom. The average Bonchev–Trinajstić information content (AvgIpc) is 4.33. The number of hydrogen-bond acceptors (Lipinski definition) is 15. The molecular weight excluding hydrogens is 1470 g/mol. The summed E-state index contributed by atoms with van der Waals surface area (Å²) in [6.07, 6.45) is 34.8. The molecule has 15 nitrogen and oxygen atoms in total. The van der Waals surface area contributed by atoms with Crippen LogP contribution in [0.25, 0.3) is 0 Å². The van der Waals surface area contributed by atoms with E-state index < -0.39 is 0 Å². The fourth-order valence-electron chi connectivity index (χ4n) is 9.78. The molecule has 6 aliphatic rings. The largest absolute Gasteiger partial charge is 0.513 e. The molecule has 0 saturated carbocycles. The van der Waals surface area contributed by atoms with Crippen LogP contribution in [0.3, 0.4) is 0 Å². The molecule has 0 saturated heterocycles. The SMILES string of the molecule is [Os].[Os].[Os].[c-]1c(N2[CH-]Cc3ccncc32)cncc1N1[CH-]Cc2ccncc21.[c-]1c(N2[CH-]Cc3cnccc32)cncc1N1[CH-]Cc2cnccc21.[c-]1c(N2[CH-]Cc3ncccc32)cncc1N1[CH-]Cc2ncccc21. The minimum absolute atomic E-state index is 0. The van der Waals surface area contributed by atoms with Crippen molar-refractivity contribution in [1.29, 1.82) is 0 Å². The van der Waals surface area contributed by atoms with E-state index in [-0.39, 0.29) is 59.4 Å². The number of nitrogens with zero attached hydrogens (tertiary/aromatic N) is 15. The van der Waals surface area contributed by atoms with Crippen LogP contribution in [-0.2, 0) is 97.9 Å². The second-order valence-electron chi connectivity index (χ2n) is 17.4. The maximum Gasteiger partial charge on any atom is 0.0481 e. The van der Waals surface area contributed by atoms with E-state index in [4.69, 9.17) is 0 Å². The van der Waals surface area contributed by atoms with Crippen molar-refractivity contribution in [3.8, 4) is 0 Å². The van der Waals surface area contributed by atoms with E-state index in [1.54, 1.807) is 0 Å². The van der Waals surface area contributed by atoms with Gasteiger partial charge in [-0.3, -0.25) is 29.9 Å². The molecule has 9 aromatic rings. The van der Waals surface area contributed by atoms with Crippen molar-refractivity contribution in [1.82, 2.24) is 44.9 Å². The second kappa shape index (κ2) is 22.9. The summed E-state index contributed by atoms with van der Waals surface area (Å²) in [5, 5.41) is 0. The zero-order valence-corrected chi connectivity index (χ0v) is 47.5. The Morgan fingerprint density at radius 2 is 0.613 bits per heavy atom. The van der Waals surface area contributed by atoms with Crippen LogP contribution in [0.15, 0.2) is 148 Å². The first-order valence-electron chi connectivity index (χ1n) is 23.7. The normalized spacial score (nSPS) is 14.9. The molecule has 75 heavy (non-hydrogen) atoms. The minimum Gasteiger partial charge on any atom is -0.513 e. The minimum atomic E-state index is 0. The molecule has 9 aromatic heterocycles. The molecular formula is C57H42N15Os3-9. The molecule has 0 aliphatic carbocycles. The van der Waals surface area contributed by atoms with Gasteiger partial charge in [-0.1, -0.05) is 82.4 Å². The van der Waals surface area contributed by atoms with Crippen molar-refractivity contribution in [2.45, 2.75) is 38.5 Å².